The third-order valence-corrected chi connectivity index (χ3v) is 3.79. The first-order valence-corrected chi connectivity index (χ1v) is 6.66. The van der Waals surface area contributed by atoms with Gasteiger partial charge in [0.05, 0.1) is 0 Å². The predicted molar refractivity (Wildman–Crippen MR) is 70.7 cm³/mol. The van der Waals surface area contributed by atoms with Crippen LogP contribution in [0, 0.1) is 5.41 Å². The van der Waals surface area contributed by atoms with Crippen LogP contribution < -0.4 is 0 Å². The predicted octanol–water partition coefficient (Wildman–Crippen LogP) is 3.50. The van der Waals surface area contributed by atoms with Gasteiger partial charge in [0.15, 0.2) is 0 Å². The van der Waals surface area contributed by atoms with Crippen LogP contribution in [0.1, 0.15) is 59.8 Å². The van der Waals surface area contributed by atoms with Crippen LogP contribution in [0.5, 0.6) is 0 Å². The fourth-order valence-corrected chi connectivity index (χ4v) is 1.88. The fraction of sp³-hybridized carbons (Fsp3) is 0.929. The quantitative estimate of drug-likeness (QED) is 0.601. The number of rotatable bonds is 9. The van der Waals surface area contributed by atoms with Crippen molar-refractivity contribution in [1.82, 2.24) is 4.90 Å². The first kappa shape index (κ1) is 15.6. The van der Waals surface area contributed by atoms with Gasteiger partial charge in [-0.3, -0.25) is 4.79 Å². The summed E-state index contributed by atoms with van der Waals surface area (Å²) in [5, 5.41) is 0. The molecule has 0 saturated heterocycles. The van der Waals surface area contributed by atoms with Crippen molar-refractivity contribution in [3.63, 3.8) is 0 Å². The Bertz CT molecular complexity index is 203. The van der Waals surface area contributed by atoms with Gasteiger partial charge in [0.25, 0.3) is 0 Å². The zero-order chi connectivity index (χ0) is 12.6. The molecule has 0 bridgehead atoms. The molecule has 0 aliphatic heterocycles. The van der Waals surface area contributed by atoms with Gasteiger partial charge in [-0.05, 0) is 52.7 Å². The van der Waals surface area contributed by atoms with Crippen LogP contribution in [0.15, 0.2) is 0 Å². The summed E-state index contributed by atoms with van der Waals surface area (Å²) in [7, 11) is 2.17. The molecular formula is C14H29NO. The van der Waals surface area contributed by atoms with Gasteiger partial charge in [-0.25, -0.2) is 0 Å². The van der Waals surface area contributed by atoms with Crippen LogP contribution >= 0.6 is 0 Å². The summed E-state index contributed by atoms with van der Waals surface area (Å²) >= 11 is 0. The van der Waals surface area contributed by atoms with Crippen molar-refractivity contribution in [2.24, 2.45) is 5.41 Å². The van der Waals surface area contributed by atoms with Gasteiger partial charge < -0.3 is 4.90 Å². The molecule has 0 aromatic heterocycles. The highest BCUT2D eigenvalue weighted by atomic mass is 16.1. The minimum atomic E-state index is -0.0917. The maximum Gasteiger partial charge on any atom is 0.135 e. The molecular weight excluding hydrogens is 198 g/mol. The fourth-order valence-electron chi connectivity index (χ4n) is 1.88. The van der Waals surface area contributed by atoms with Crippen LogP contribution in [-0.2, 0) is 4.79 Å². The van der Waals surface area contributed by atoms with Crippen LogP contribution in [0.25, 0.3) is 0 Å². The Balaban J connectivity index is 3.82. The Kier molecular flexibility index (Phi) is 7.65. The smallest absolute Gasteiger partial charge is 0.135 e. The van der Waals surface area contributed by atoms with Crippen molar-refractivity contribution < 1.29 is 4.79 Å². The molecule has 0 aliphatic carbocycles. The number of Topliss-reactive ketones (excluding diaryl/α,β-unsaturated/α-hetero) is 1. The highest BCUT2D eigenvalue weighted by Gasteiger charge is 2.26. The molecule has 0 amide bonds. The molecule has 1 atom stereocenters. The summed E-state index contributed by atoms with van der Waals surface area (Å²) < 4.78 is 0. The van der Waals surface area contributed by atoms with E-state index in [-0.39, 0.29) is 5.41 Å². The number of carbonyl (C=O) groups is 1. The third-order valence-electron chi connectivity index (χ3n) is 3.79. The molecule has 0 rings (SSSR count). The minimum Gasteiger partial charge on any atom is -0.306 e. The van der Waals surface area contributed by atoms with E-state index in [2.05, 4.69) is 32.7 Å². The second kappa shape index (κ2) is 7.83. The standard InChI is InChI=1S/C14H29NO/c1-6-8-11-15(5)12-9-10-14(4,7-2)13(3)16/h6-12H2,1-5H3. The topological polar surface area (TPSA) is 20.3 Å². The molecule has 96 valence electrons. The summed E-state index contributed by atoms with van der Waals surface area (Å²) in [6, 6.07) is 0. The monoisotopic (exact) mass is 227 g/mol. The Hall–Kier alpha value is -0.370. The van der Waals surface area contributed by atoms with E-state index < -0.39 is 0 Å². The van der Waals surface area contributed by atoms with E-state index in [1.807, 2.05) is 0 Å². The number of unbranched alkanes of at least 4 members (excludes halogenated alkanes) is 1. The van der Waals surface area contributed by atoms with Crippen molar-refractivity contribution in [3.05, 3.63) is 0 Å². The summed E-state index contributed by atoms with van der Waals surface area (Å²) in [5.41, 5.74) is -0.0917. The van der Waals surface area contributed by atoms with Gasteiger partial charge in [0, 0.05) is 5.41 Å². The van der Waals surface area contributed by atoms with Gasteiger partial charge >= 0.3 is 0 Å². The SMILES string of the molecule is CCCCN(C)CCCC(C)(CC)C(C)=O. The Morgan fingerprint density at radius 2 is 1.75 bits per heavy atom. The molecule has 16 heavy (non-hydrogen) atoms. The van der Waals surface area contributed by atoms with Crippen molar-refractivity contribution in [3.8, 4) is 0 Å². The lowest BCUT2D eigenvalue weighted by molar-refractivity contribution is -0.126. The molecule has 0 N–H and O–H groups in total. The van der Waals surface area contributed by atoms with E-state index in [0.717, 1.165) is 25.8 Å². The van der Waals surface area contributed by atoms with Crippen LogP contribution in [0.2, 0.25) is 0 Å². The Morgan fingerprint density at radius 1 is 1.19 bits per heavy atom. The molecule has 2 heteroatoms. The average Bonchev–Trinajstić information content (AvgIpc) is 2.25. The minimum absolute atomic E-state index is 0.0917. The molecule has 0 aliphatic rings. The highest BCUT2D eigenvalue weighted by molar-refractivity contribution is 5.81. The van der Waals surface area contributed by atoms with Crippen molar-refractivity contribution in [1.29, 1.82) is 0 Å². The maximum atomic E-state index is 11.5. The summed E-state index contributed by atoms with van der Waals surface area (Å²) in [6.07, 6.45) is 5.64. The van der Waals surface area contributed by atoms with E-state index in [1.165, 1.54) is 19.4 Å². The molecule has 2 nitrogen and oxygen atoms in total. The number of nitrogens with zero attached hydrogens (tertiary/aromatic N) is 1. The number of hydrogen-bond donors (Lipinski definition) is 0. The molecule has 0 radical (unpaired) electrons. The molecule has 1 unspecified atom stereocenters. The van der Waals surface area contributed by atoms with Gasteiger partial charge in [-0.1, -0.05) is 27.2 Å². The molecule has 0 fully saturated rings. The Labute approximate surface area is 101 Å². The van der Waals surface area contributed by atoms with E-state index in [9.17, 15) is 4.79 Å². The third kappa shape index (κ3) is 5.64. The largest absolute Gasteiger partial charge is 0.306 e. The molecule has 0 heterocycles. The summed E-state index contributed by atoms with van der Waals surface area (Å²) in [6.45, 7) is 10.5. The van der Waals surface area contributed by atoms with Gasteiger partial charge in [0.2, 0.25) is 0 Å². The van der Waals surface area contributed by atoms with Gasteiger partial charge in [-0.15, -0.1) is 0 Å². The molecule has 0 saturated carbocycles. The maximum absolute atomic E-state index is 11.5. The summed E-state index contributed by atoms with van der Waals surface area (Å²) in [5.74, 6) is 0.339. The zero-order valence-electron chi connectivity index (χ0n) is 11.8. The van der Waals surface area contributed by atoms with Crippen molar-refractivity contribution in [2.75, 3.05) is 20.1 Å². The van der Waals surface area contributed by atoms with Gasteiger partial charge in [0.1, 0.15) is 5.78 Å². The molecule has 0 spiro atoms. The number of carbonyl (C=O) groups excluding carboxylic acids is 1. The second-order valence-corrected chi connectivity index (χ2v) is 5.23. The zero-order valence-corrected chi connectivity index (χ0v) is 11.8. The van der Waals surface area contributed by atoms with Crippen LogP contribution in [0.4, 0.5) is 0 Å². The average molecular weight is 227 g/mol. The van der Waals surface area contributed by atoms with Crippen molar-refractivity contribution in [2.45, 2.75) is 59.8 Å². The first-order valence-electron chi connectivity index (χ1n) is 6.66. The summed E-state index contributed by atoms with van der Waals surface area (Å²) in [4.78, 5) is 13.9. The van der Waals surface area contributed by atoms with E-state index >= 15 is 0 Å². The van der Waals surface area contributed by atoms with E-state index in [1.54, 1.807) is 6.92 Å². The normalized spacial score (nSPS) is 15.1. The lowest BCUT2D eigenvalue weighted by Gasteiger charge is -2.26. The van der Waals surface area contributed by atoms with Gasteiger partial charge in [-0.2, -0.15) is 0 Å². The van der Waals surface area contributed by atoms with E-state index in [4.69, 9.17) is 0 Å². The van der Waals surface area contributed by atoms with Crippen molar-refractivity contribution >= 4 is 5.78 Å². The highest BCUT2D eigenvalue weighted by Crippen LogP contribution is 2.28. The van der Waals surface area contributed by atoms with Crippen LogP contribution in [0.3, 0.4) is 0 Å². The molecule has 0 aromatic carbocycles. The number of ketones is 1. The molecule has 0 aromatic rings. The van der Waals surface area contributed by atoms with Crippen LogP contribution in [-0.4, -0.2) is 30.8 Å². The Morgan fingerprint density at radius 3 is 2.19 bits per heavy atom. The number of hydrogen-bond acceptors (Lipinski definition) is 2. The second-order valence-electron chi connectivity index (χ2n) is 5.23. The lowest BCUT2D eigenvalue weighted by Crippen LogP contribution is -2.27. The van der Waals surface area contributed by atoms with E-state index in [0.29, 0.717) is 5.78 Å². The first-order chi connectivity index (χ1) is 7.46. The lowest BCUT2D eigenvalue weighted by atomic mass is 9.79.